The molecule has 0 saturated heterocycles. The summed E-state index contributed by atoms with van der Waals surface area (Å²) in [6.45, 7) is 1.63. The first kappa shape index (κ1) is 12.6. The lowest BCUT2D eigenvalue weighted by molar-refractivity contribution is -0.140. The van der Waals surface area contributed by atoms with Gasteiger partial charge in [-0.3, -0.25) is 9.59 Å². The van der Waals surface area contributed by atoms with Crippen molar-refractivity contribution in [1.29, 1.82) is 0 Å². The summed E-state index contributed by atoms with van der Waals surface area (Å²) in [5.41, 5.74) is 0. The van der Waals surface area contributed by atoms with Crippen LogP contribution in [0.3, 0.4) is 0 Å². The van der Waals surface area contributed by atoms with Gasteiger partial charge < -0.3 is 10.2 Å². The van der Waals surface area contributed by atoms with E-state index in [-0.39, 0.29) is 12.3 Å². The van der Waals surface area contributed by atoms with Crippen molar-refractivity contribution in [2.24, 2.45) is 5.92 Å². The normalized spacial score (nSPS) is 12.4. The maximum absolute atomic E-state index is 10.4. The van der Waals surface area contributed by atoms with Gasteiger partial charge in [-0.05, 0) is 0 Å². The fourth-order valence-electron chi connectivity index (χ4n) is 0.409. The second kappa shape index (κ2) is 7.08. The van der Waals surface area contributed by atoms with Crippen LogP contribution in [0.15, 0.2) is 0 Å². The zero-order chi connectivity index (χ0) is 10.3. The van der Waals surface area contributed by atoms with Crippen LogP contribution in [0.5, 0.6) is 0 Å². The first-order valence-corrected chi connectivity index (χ1v) is 6.22. The molecule has 0 fully saturated rings. The van der Waals surface area contributed by atoms with Gasteiger partial charge in [0.1, 0.15) is 0 Å². The van der Waals surface area contributed by atoms with Crippen LogP contribution in [0.4, 0.5) is 0 Å². The monoisotopic (exact) mass is 224 g/mol. The number of carboxylic acid groups (broad SMARTS) is 2. The number of carboxylic acids is 2. The summed E-state index contributed by atoms with van der Waals surface area (Å²) in [4.78, 5) is 20.4. The number of rotatable bonds is 7. The van der Waals surface area contributed by atoms with Gasteiger partial charge in [-0.2, -0.15) is 0 Å². The van der Waals surface area contributed by atoms with E-state index in [4.69, 9.17) is 10.2 Å². The van der Waals surface area contributed by atoms with E-state index in [1.54, 1.807) is 6.92 Å². The third-order valence-corrected chi connectivity index (χ3v) is 3.80. The van der Waals surface area contributed by atoms with Gasteiger partial charge in [-0.15, -0.1) is 0 Å². The highest BCUT2D eigenvalue weighted by molar-refractivity contribution is 8.76. The maximum atomic E-state index is 10.4. The second-order valence-electron chi connectivity index (χ2n) is 2.49. The van der Waals surface area contributed by atoms with E-state index in [0.29, 0.717) is 11.5 Å². The summed E-state index contributed by atoms with van der Waals surface area (Å²) < 4.78 is 0. The van der Waals surface area contributed by atoms with Crippen molar-refractivity contribution in [1.82, 2.24) is 0 Å². The molecule has 6 heteroatoms. The van der Waals surface area contributed by atoms with Gasteiger partial charge >= 0.3 is 11.9 Å². The quantitative estimate of drug-likeness (QED) is 0.505. The Morgan fingerprint density at radius 2 is 1.92 bits per heavy atom. The fourth-order valence-corrected chi connectivity index (χ4v) is 2.73. The molecule has 0 heterocycles. The third kappa shape index (κ3) is 7.98. The van der Waals surface area contributed by atoms with Crippen LogP contribution in [0.1, 0.15) is 13.3 Å². The van der Waals surface area contributed by atoms with Crippen molar-refractivity contribution in [3.8, 4) is 0 Å². The maximum Gasteiger partial charge on any atom is 0.307 e. The molecule has 0 aliphatic carbocycles. The molecule has 0 aromatic heterocycles. The molecule has 0 rings (SSSR count). The molecule has 0 aromatic rings. The third-order valence-electron chi connectivity index (χ3n) is 1.22. The minimum absolute atomic E-state index is 0.124. The molecule has 0 aliphatic rings. The molecule has 0 spiro atoms. The fraction of sp³-hybridized carbons (Fsp3) is 0.714. The standard InChI is InChI=1S/C7H12O4S2/c1-5(7(10)11)4-13-12-3-2-6(8)9/h5H,2-4H2,1H3,(H,8,9)(H,10,11). The van der Waals surface area contributed by atoms with E-state index in [1.165, 1.54) is 21.6 Å². The predicted molar refractivity (Wildman–Crippen MR) is 54.0 cm³/mol. The molecule has 0 saturated carbocycles. The van der Waals surface area contributed by atoms with Crippen LogP contribution in [-0.2, 0) is 9.59 Å². The van der Waals surface area contributed by atoms with Crippen molar-refractivity contribution in [3.63, 3.8) is 0 Å². The van der Waals surface area contributed by atoms with E-state index in [9.17, 15) is 9.59 Å². The van der Waals surface area contributed by atoms with Crippen LogP contribution < -0.4 is 0 Å². The lowest BCUT2D eigenvalue weighted by Crippen LogP contribution is -2.11. The molecule has 13 heavy (non-hydrogen) atoms. The molecule has 0 radical (unpaired) electrons. The number of aliphatic carboxylic acids is 2. The van der Waals surface area contributed by atoms with Crippen LogP contribution in [0.25, 0.3) is 0 Å². The lowest BCUT2D eigenvalue weighted by Gasteiger charge is -2.03. The Kier molecular flexibility index (Phi) is 6.89. The second-order valence-corrected chi connectivity index (χ2v) is 5.12. The summed E-state index contributed by atoms with van der Waals surface area (Å²) in [5.74, 6) is -0.973. The Balaban J connectivity index is 3.26. The Labute approximate surface area is 84.5 Å². The SMILES string of the molecule is CC(CSSCCC(=O)O)C(=O)O. The van der Waals surface area contributed by atoms with E-state index >= 15 is 0 Å². The smallest absolute Gasteiger partial charge is 0.307 e. The van der Waals surface area contributed by atoms with Crippen molar-refractivity contribution in [2.75, 3.05) is 11.5 Å². The zero-order valence-electron chi connectivity index (χ0n) is 7.23. The van der Waals surface area contributed by atoms with Gasteiger partial charge in [0.15, 0.2) is 0 Å². The van der Waals surface area contributed by atoms with Crippen LogP contribution in [0, 0.1) is 5.92 Å². The summed E-state index contributed by atoms with van der Waals surface area (Å²) in [7, 11) is 2.80. The van der Waals surface area contributed by atoms with E-state index in [2.05, 4.69) is 0 Å². The summed E-state index contributed by atoms with van der Waals surface area (Å²) >= 11 is 0. The van der Waals surface area contributed by atoms with Crippen LogP contribution >= 0.6 is 21.6 Å². The molecule has 4 nitrogen and oxygen atoms in total. The molecule has 0 aromatic carbocycles. The van der Waals surface area contributed by atoms with Crippen LogP contribution in [-0.4, -0.2) is 33.7 Å². The van der Waals surface area contributed by atoms with Crippen LogP contribution in [0.2, 0.25) is 0 Å². The van der Waals surface area contributed by atoms with Gasteiger partial charge in [-0.25, -0.2) is 0 Å². The van der Waals surface area contributed by atoms with Crippen molar-refractivity contribution in [3.05, 3.63) is 0 Å². The van der Waals surface area contributed by atoms with Crippen molar-refractivity contribution < 1.29 is 19.8 Å². The average molecular weight is 224 g/mol. The molecular weight excluding hydrogens is 212 g/mol. The Bertz CT molecular complexity index is 183. The van der Waals surface area contributed by atoms with Crippen molar-refractivity contribution >= 4 is 33.5 Å². The highest BCUT2D eigenvalue weighted by atomic mass is 33.1. The molecular formula is C7H12O4S2. The number of hydrogen-bond acceptors (Lipinski definition) is 4. The minimum atomic E-state index is -0.820. The topological polar surface area (TPSA) is 74.6 Å². The molecule has 1 unspecified atom stereocenters. The van der Waals surface area contributed by atoms with E-state index in [0.717, 1.165) is 0 Å². The average Bonchev–Trinajstić information content (AvgIpc) is 2.02. The zero-order valence-corrected chi connectivity index (χ0v) is 8.86. The van der Waals surface area contributed by atoms with E-state index in [1.807, 2.05) is 0 Å². The molecule has 2 N–H and O–H groups in total. The largest absolute Gasteiger partial charge is 0.481 e. The number of carbonyl (C=O) groups is 2. The minimum Gasteiger partial charge on any atom is -0.481 e. The summed E-state index contributed by atoms with van der Waals surface area (Å²) in [5, 5.41) is 16.8. The molecule has 0 aliphatic heterocycles. The highest BCUT2D eigenvalue weighted by Gasteiger charge is 2.10. The first-order chi connectivity index (χ1) is 6.04. The Morgan fingerprint density at radius 3 is 2.38 bits per heavy atom. The molecule has 0 bridgehead atoms. The molecule has 0 amide bonds. The summed E-state index contributed by atoms with van der Waals surface area (Å²) in [6, 6.07) is 0. The Morgan fingerprint density at radius 1 is 1.31 bits per heavy atom. The Hall–Kier alpha value is -0.360. The summed E-state index contributed by atoms with van der Waals surface area (Å²) in [6.07, 6.45) is 0.124. The predicted octanol–water partition coefficient (Wildman–Crippen LogP) is 1.56. The van der Waals surface area contributed by atoms with Gasteiger partial charge in [0, 0.05) is 11.5 Å². The number of hydrogen-bond donors (Lipinski definition) is 2. The van der Waals surface area contributed by atoms with Crippen molar-refractivity contribution in [2.45, 2.75) is 13.3 Å². The van der Waals surface area contributed by atoms with Gasteiger partial charge in [0.2, 0.25) is 0 Å². The highest BCUT2D eigenvalue weighted by Crippen LogP contribution is 2.24. The van der Waals surface area contributed by atoms with E-state index < -0.39 is 11.9 Å². The van der Waals surface area contributed by atoms with Gasteiger partial charge in [0.05, 0.1) is 12.3 Å². The molecule has 1 atom stereocenters. The van der Waals surface area contributed by atoms with Gasteiger partial charge in [0.25, 0.3) is 0 Å². The van der Waals surface area contributed by atoms with Gasteiger partial charge in [-0.1, -0.05) is 28.5 Å². The first-order valence-electron chi connectivity index (χ1n) is 3.73. The molecule has 76 valence electrons. The lowest BCUT2D eigenvalue weighted by atomic mass is 10.2.